The van der Waals surface area contributed by atoms with Gasteiger partial charge in [0.2, 0.25) is 0 Å². The maximum atomic E-state index is 12.5. The van der Waals surface area contributed by atoms with Gasteiger partial charge >= 0.3 is 12.3 Å². The zero-order chi connectivity index (χ0) is 17.8. The molecule has 0 saturated carbocycles. The first-order valence-electron chi connectivity index (χ1n) is 6.66. The normalized spacial score (nSPS) is 11.8. The number of hydrazine groups is 1. The maximum Gasteiger partial charge on any atom is 0.426 e. The second kappa shape index (κ2) is 6.84. The molecule has 1 N–H and O–H groups in total. The van der Waals surface area contributed by atoms with E-state index in [4.69, 9.17) is 4.74 Å². The third kappa shape index (κ3) is 6.54. The molecule has 0 saturated heterocycles. The number of amides is 2. The highest BCUT2D eigenvalue weighted by Crippen LogP contribution is 2.23. The summed E-state index contributed by atoms with van der Waals surface area (Å²) in [4.78, 5) is 27.5. The van der Waals surface area contributed by atoms with Crippen LogP contribution in [0.1, 0.15) is 36.7 Å². The van der Waals surface area contributed by atoms with Gasteiger partial charge in [-0.05, 0) is 32.4 Å². The Kier molecular flexibility index (Phi) is 5.57. The van der Waals surface area contributed by atoms with Gasteiger partial charge in [-0.3, -0.25) is 14.8 Å². The highest BCUT2D eigenvalue weighted by Gasteiger charge is 2.31. The average molecular weight is 333 g/mol. The summed E-state index contributed by atoms with van der Waals surface area (Å²) in [7, 11) is 1.20. The number of aromatic nitrogens is 1. The van der Waals surface area contributed by atoms with Crippen molar-refractivity contribution in [2.45, 2.75) is 39.0 Å². The van der Waals surface area contributed by atoms with Crippen molar-refractivity contribution in [1.82, 2.24) is 15.4 Å². The first-order chi connectivity index (χ1) is 10.4. The van der Waals surface area contributed by atoms with Crippen molar-refractivity contribution in [2.24, 2.45) is 0 Å². The molecule has 128 valence electrons. The van der Waals surface area contributed by atoms with Crippen molar-refractivity contribution in [1.29, 1.82) is 0 Å². The molecule has 6 nitrogen and oxygen atoms in total. The molecule has 0 bridgehead atoms. The van der Waals surface area contributed by atoms with Gasteiger partial charge < -0.3 is 4.74 Å². The van der Waals surface area contributed by atoms with Crippen LogP contribution >= 0.6 is 0 Å². The molecule has 0 atom stereocenters. The lowest BCUT2D eigenvalue weighted by molar-refractivity contribution is -0.127. The number of ether oxygens (including phenoxy) is 1. The lowest BCUT2D eigenvalue weighted by atomic mass is 10.1. The first kappa shape index (κ1) is 18.7. The molecule has 1 aromatic rings. The SMILES string of the molecule is CN(NC(=O)OC(C)(C)C)C(=O)c1cnccc1CC(F)(F)F. The third-order valence-corrected chi connectivity index (χ3v) is 2.50. The summed E-state index contributed by atoms with van der Waals surface area (Å²) < 4.78 is 42.6. The fourth-order valence-electron chi connectivity index (χ4n) is 1.66. The number of carbonyl (C=O) groups excluding carboxylic acids is 2. The van der Waals surface area contributed by atoms with E-state index >= 15 is 0 Å². The van der Waals surface area contributed by atoms with E-state index in [9.17, 15) is 22.8 Å². The number of rotatable bonds is 2. The molecular formula is C14H18F3N3O3. The van der Waals surface area contributed by atoms with E-state index < -0.39 is 30.2 Å². The topological polar surface area (TPSA) is 71.5 Å². The molecule has 0 fully saturated rings. The van der Waals surface area contributed by atoms with E-state index in [-0.39, 0.29) is 11.1 Å². The molecular weight excluding hydrogens is 315 g/mol. The quantitative estimate of drug-likeness (QED) is 0.845. The van der Waals surface area contributed by atoms with Gasteiger partial charge in [0.05, 0.1) is 12.0 Å². The number of nitrogens with one attached hydrogen (secondary N) is 1. The van der Waals surface area contributed by atoms with E-state index in [1.165, 1.54) is 13.2 Å². The van der Waals surface area contributed by atoms with E-state index in [2.05, 4.69) is 10.4 Å². The van der Waals surface area contributed by atoms with Gasteiger partial charge in [-0.2, -0.15) is 13.2 Å². The molecule has 0 spiro atoms. The highest BCUT2D eigenvalue weighted by molar-refractivity contribution is 5.95. The Hall–Kier alpha value is -2.32. The Labute approximate surface area is 131 Å². The second-order valence-electron chi connectivity index (χ2n) is 5.80. The van der Waals surface area contributed by atoms with Crippen LogP contribution in [0.2, 0.25) is 0 Å². The summed E-state index contributed by atoms with van der Waals surface area (Å²) in [6.45, 7) is 4.91. The van der Waals surface area contributed by atoms with Crippen molar-refractivity contribution in [3.05, 3.63) is 29.6 Å². The Morgan fingerprint density at radius 3 is 2.43 bits per heavy atom. The molecule has 0 unspecified atom stereocenters. The van der Waals surface area contributed by atoms with Crippen LogP contribution in [-0.4, -0.2) is 40.8 Å². The van der Waals surface area contributed by atoms with Crippen molar-refractivity contribution in [3.63, 3.8) is 0 Å². The van der Waals surface area contributed by atoms with Crippen LogP contribution in [0.5, 0.6) is 0 Å². The molecule has 0 radical (unpaired) electrons. The van der Waals surface area contributed by atoms with Crippen molar-refractivity contribution >= 4 is 12.0 Å². The van der Waals surface area contributed by atoms with Crippen LogP contribution < -0.4 is 5.43 Å². The monoisotopic (exact) mass is 333 g/mol. The van der Waals surface area contributed by atoms with Gasteiger partial charge in [-0.15, -0.1) is 0 Å². The molecule has 0 aliphatic carbocycles. The van der Waals surface area contributed by atoms with E-state index in [1.54, 1.807) is 20.8 Å². The number of alkyl halides is 3. The van der Waals surface area contributed by atoms with E-state index in [0.29, 0.717) is 0 Å². The fraction of sp³-hybridized carbons (Fsp3) is 0.500. The summed E-state index contributed by atoms with van der Waals surface area (Å²) in [6.07, 6.45) is -4.44. The number of carbonyl (C=O) groups is 2. The summed E-state index contributed by atoms with van der Waals surface area (Å²) in [5.41, 5.74) is 0.891. The number of nitrogens with zero attached hydrogens (tertiary/aromatic N) is 2. The third-order valence-electron chi connectivity index (χ3n) is 2.50. The Morgan fingerprint density at radius 2 is 1.91 bits per heavy atom. The predicted octanol–water partition coefficient (Wildman–Crippen LogP) is 2.70. The summed E-state index contributed by atoms with van der Waals surface area (Å²) in [5, 5.41) is 0.755. The van der Waals surface area contributed by atoms with Gasteiger partial charge in [-0.25, -0.2) is 10.2 Å². The zero-order valence-corrected chi connectivity index (χ0v) is 13.2. The number of halogens is 3. The molecule has 1 rings (SSSR count). The van der Waals surface area contributed by atoms with Crippen LogP contribution in [0, 0.1) is 0 Å². The minimum Gasteiger partial charge on any atom is -0.443 e. The molecule has 0 aliphatic rings. The molecule has 9 heteroatoms. The van der Waals surface area contributed by atoms with E-state index in [0.717, 1.165) is 17.3 Å². The smallest absolute Gasteiger partial charge is 0.426 e. The first-order valence-corrected chi connectivity index (χ1v) is 6.66. The zero-order valence-electron chi connectivity index (χ0n) is 13.2. The minimum absolute atomic E-state index is 0.227. The van der Waals surface area contributed by atoms with E-state index in [1.807, 2.05) is 0 Å². The lowest BCUT2D eigenvalue weighted by Gasteiger charge is -2.24. The van der Waals surface area contributed by atoms with Crippen molar-refractivity contribution < 1.29 is 27.5 Å². The summed E-state index contributed by atoms with van der Waals surface area (Å²) >= 11 is 0. The molecule has 2 amide bonds. The maximum absolute atomic E-state index is 12.5. The average Bonchev–Trinajstić information content (AvgIpc) is 2.34. The van der Waals surface area contributed by atoms with Gasteiger partial charge in [0.15, 0.2) is 0 Å². The van der Waals surface area contributed by atoms with Crippen molar-refractivity contribution in [3.8, 4) is 0 Å². The Balaban J connectivity index is 2.87. The highest BCUT2D eigenvalue weighted by atomic mass is 19.4. The van der Waals surface area contributed by atoms with Gasteiger partial charge in [0.1, 0.15) is 5.60 Å². The van der Waals surface area contributed by atoms with Gasteiger partial charge in [0.25, 0.3) is 5.91 Å². The molecule has 0 aromatic carbocycles. The molecule has 1 aromatic heterocycles. The Bertz CT molecular complexity index is 583. The van der Waals surface area contributed by atoms with Gasteiger partial charge in [-0.1, -0.05) is 0 Å². The van der Waals surface area contributed by atoms with Crippen LogP contribution in [0.25, 0.3) is 0 Å². The second-order valence-corrected chi connectivity index (χ2v) is 5.80. The predicted molar refractivity (Wildman–Crippen MR) is 75.5 cm³/mol. The van der Waals surface area contributed by atoms with Gasteiger partial charge in [0, 0.05) is 19.4 Å². The van der Waals surface area contributed by atoms with Crippen LogP contribution in [0.3, 0.4) is 0 Å². The fourth-order valence-corrected chi connectivity index (χ4v) is 1.66. The van der Waals surface area contributed by atoms with Crippen LogP contribution in [-0.2, 0) is 11.2 Å². The molecule has 23 heavy (non-hydrogen) atoms. The minimum atomic E-state index is -4.46. The number of hydrogen-bond donors (Lipinski definition) is 1. The van der Waals surface area contributed by atoms with Crippen molar-refractivity contribution in [2.75, 3.05) is 7.05 Å². The Morgan fingerprint density at radius 1 is 1.30 bits per heavy atom. The largest absolute Gasteiger partial charge is 0.443 e. The lowest BCUT2D eigenvalue weighted by Crippen LogP contribution is -2.45. The number of hydrogen-bond acceptors (Lipinski definition) is 4. The van der Waals surface area contributed by atoms with Crippen LogP contribution in [0.15, 0.2) is 18.5 Å². The van der Waals surface area contributed by atoms with Crippen LogP contribution in [0.4, 0.5) is 18.0 Å². The summed E-state index contributed by atoms with van der Waals surface area (Å²) in [5.74, 6) is -0.830. The summed E-state index contributed by atoms with van der Waals surface area (Å²) in [6, 6.07) is 1.11. The molecule has 0 aliphatic heterocycles. The standard InChI is InChI=1S/C14H18F3N3O3/c1-13(2,3)23-12(22)19-20(4)11(21)10-8-18-6-5-9(10)7-14(15,16)17/h5-6,8H,7H2,1-4H3,(H,19,22). The number of pyridine rings is 1. The molecule has 1 heterocycles.